The van der Waals surface area contributed by atoms with Crippen LogP contribution in [0, 0.1) is 5.41 Å². The standard InChI is InChI=1S/C8H16O/c1-6-7(2,3)8(4,5)9-6/h6H,1-5H3. The van der Waals surface area contributed by atoms with Gasteiger partial charge in [-0.1, -0.05) is 13.8 Å². The Morgan fingerprint density at radius 3 is 1.56 bits per heavy atom. The van der Waals surface area contributed by atoms with Gasteiger partial charge in [-0.25, -0.2) is 0 Å². The van der Waals surface area contributed by atoms with E-state index in [0.29, 0.717) is 11.5 Å². The summed E-state index contributed by atoms with van der Waals surface area (Å²) in [5.41, 5.74) is 0.444. The normalized spacial score (nSPS) is 37.7. The molecule has 1 heterocycles. The maximum absolute atomic E-state index is 5.54. The first kappa shape index (κ1) is 7.07. The summed E-state index contributed by atoms with van der Waals surface area (Å²) >= 11 is 0. The molecule has 1 aliphatic rings. The Labute approximate surface area is 57.4 Å². The van der Waals surface area contributed by atoms with Crippen LogP contribution in [-0.2, 0) is 4.74 Å². The molecule has 0 saturated carbocycles. The van der Waals surface area contributed by atoms with Crippen LogP contribution in [0.4, 0.5) is 0 Å². The number of hydrogen-bond acceptors (Lipinski definition) is 1. The molecule has 0 aromatic rings. The predicted octanol–water partition coefficient (Wildman–Crippen LogP) is 2.21. The Morgan fingerprint density at radius 1 is 1.11 bits per heavy atom. The van der Waals surface area contributed by atoms with Crippen molar-refractivity contribution in [2.45, 2.75) is 46.3 Å². The topological polar surface area (TPSA) is 9.23 Å². The summed E-state index contributed by atoms with van der Waals surface area (Å²) in [6.07, 6.45) is 0.424. The van der Waals surface area contributed by atoms with Gasteiger partial charge in [0.1, 0.15) is 0 Å². The lowest BCUT2D eigenvalue weighted by atomic mass is 9.68. The van der Waals surface area contributed by atoms with Gasteiger partial charge in [-0.05, 0) is 20.8 Å². The van der Waals surface area contributed by atoms with Crippen LogP contribution < -0.4 is 0 Å². The summed E-state index contributed by atoms with van der Waals surface area (Å²) in [6, 6.07) is 0. The summed E-state index contributed by atoms with van der Waals surface area (Å²) < 4.78 is 5.54. The summed E-state index contributed by atoms with van der Waals surface area (Å²) in [6.45, 7) is 10.9. The molecule has 0 amide bonds. The van der Waals surface area contributed by atoms with Gasteiger partial charge in [0.15, 0.2) is 0 Å². The minimum atomic E-state index is 0.0897. The van der Waals surface area contributed by atoms with Crippen molar-refractivity contribution in [2.75, 3.05) is 0 Å². The first-order valence-corrected chi connectivity index (χ1v) is 3.56. The molecule has 1 aliphatic heterocycles. The highest BCUT2D eigenvalue weighted by atomic mass is 16.5. The van der Waals surface area contributed by atoms with E-state index in [-0.39, 0.29) is 5.60 Å². The molecule has 54 valence electrons. The third-order valence-electron chi connectivity index (χ3n) is 3.04. The summed E-state index contributed by atoms with van der Waals surface area (Å²) in [5, 5.41) is 0. The number of rotatable bonds is 0. The zero-order chi connectivity index (χ0) is 7.28. The molecule has 1 unspecified atom stereocenters. The molecule has 0 aromatic carbocycles. The van der Waals surface area contributed by atoms with Crippen molar-refractivity contribution in [2.24, 2.45) is 5.41 Å². The third-order valence-corrected chi connectivity index (χ3v) is 3.04. The third kappa shape index (κ3) is 0.710. The van der Waals surface area contributed by atoms with Crippen LogP contribution in [0.2, 0.25) is 0 Å². The van der Waals surface area contributed by atoms with Crippen molar-refractivity contribution in [1.29, 1.82) is 0 Å². The van der Waals surface area contributed by atoms with Crippen LogP contribution in [0.25, 0.3) is 0 Å². The maximum atomic E-state index is 5.54. The average Bonchev–Trinajstić information content (AvgIpc) is 1.65. The van der Waals surface area contributed by atoms with Crippen molar-refractivity contribution in [3.05, 3.63) is 0 Å². The molecule has 1 rings (SSSR count). The molecule has 0 aromatic heterocycles. The predicted molar refractivity (Wildman–Crippen MR) is 38.4 cm³/mol. The van der Waals surface area contributed by atoms with E-state index >= 15 is 0 Å². The zero-order valence-electron chi connectivity index (χ0n) is 6.99. The van der Waals surface area contributed by atoms with Crippen LogP contribution in [0.5, 0.6) is 0 Å². The van der Waals surface area contributed by atoms with E-state index in [0.717, 1.165) is 0 Å². The second-order valence-electron chi connectivity index (χ2n) is 3.99. The van der Waals surface area contributed by atoms with Crippen LogP contribution >= 0.6 is 0 Å². The Balaban J connectivity index is 2.70. The highest BCUT2D eigenvalue weighted by Gasteiger charge is 2.53. The van der Waals surface area contributed by atoms with Crippen molar-refractivity contribution in [3.63, 3.8) is 0 Å². The molecule has 1 fully saturated rings. The smallest absolute Gasteiger partial charge is 0.0705 e. The SMILES string of the molecule is CC1OC(C)(C)C1(C)C. The van der Waals surface area contributed by atoms with Gasteiger partial charge < -0.3 is 4.74 Å². The molecule has 0 N–H and O–H groups in total. The van der Waals surface area contributed by atoms with Crippen molar-refractivity contribution in [3.8, 4) is 0 Å². The van der Waals surface area contributed by atoms with Gasteiger partial charge in [0.25, 0.3) is 0 Å². The number of ether oxygens (including phenoxy) is 1. The van der Waals surface area contributed by atoms with Crippen molar-refractivity contribution in [1.82, 2.24) is 0 Å². The molecule has 1 atom stereocenters. The van der Waals surface area contributed by atoms with Crippen LogP contribution in [-0.4, -0.2) is 11.7 Å². The Kier molecular flexibility index (Phi) is 1.19. The minimum Gasteiger partial charge on any atom is -0.371 e. The van der Waals surface area contributed by atoms with E-state index in [1.165, 1.54) is 0 Å². The highest BCUT2D eigenvalue weighted by Crippen LogP contribution is 2.48. The molecule has 1 saturated heterocycles. The lowest BCUT2D eigenvalue weighted by Crippen LogP contribution is -2.61. The molecule has 1 heteroatoms. The molecule has 0 bridgehead atoms. The van der Waals surface area contributed by atoms with Gasteiger partial charge in [-0.2, -0.15) is 0 Å². The van der Waals surface area contributed by atoms with E-state index in [2.05, 4.69) is 34.6 Å². The molecule has 1 nitrogen and oxygen atoms in total. The van der Waals surface area contributed by atoms with Gasteiger partial charge in [-0.15, -0.1) is 0 Å². The van der Waals surface area contributed by atoms with Crippen LogP contribution in [0.3, 0.4) is 0 Å². The molecule has 0 spiro atoms. The van der Waals surface area contributed by atoms with Crippen LogP contribution in [0.1, 0.15) is 34.6 Å². The number of hydrogen-bond donors (Lipinski definition) is 0. The fraction of sp³-hybridized carbons (Fsp3) is 1.00. The van der Waals surface area contributed by atoms with E-state index in [1.807, 2.05) is 0 Å². The Hall–Kier alpha value is -0.0400. The van der Waals surface area contributed by atoms with E-state index in [9.17, 15) is 0 Å². The van der Waals surface area contributed by atoms with E-state index in [1.54, 1.807) is 0 Å². The van der Waals surface area contributed by atoms with Gasteiger partial charge in [-0.3, -0.25) is 0 Å². The summed E-state index contributed by atoms with van der Waals surface area (Å²) in [7, 11) is 0. The molecular weight excluding hydrogens is 112 g/mol. The quantitative estimate of drug-likeness (QED) is 0.486. The molecule has 0 aliphatic carbocycles. The monoisotopic (exact) mass is 128 g/mol. The van der Waals surface area contributed by atoms with Crippen molar-refractivity contribution >= 4 is 0 Å². The van der Waals surface area contributed by atoms with Gasteiger partial charge >= 0.3 is 0 Å². The maximum Gasteiger partial charge on any atom is 0.0705 e. The Morgan fingerprint density at radius 2 is 1.56 bits per heavy atom. The summed E-state index contributed by atoms with van der Waals surface area (Å²) in [4.78, 5) is 0. The lowest BCUT2D eigenvalue weighted by Gasteiger charge is -2.57. The Bertz CT molecular complexity index is 125. The average molecular weight is 128 g/mol. The van der Waals surface area contributed by atoms with Crippen molar-refractivity contribution < 1.29 is 4.74 Å². The molecule has 9 heavy (non-hydrogen) atoms. The second-order valence-corrected chi connectivity index (χ2v) is 3.99. The van der Waals surface area contributed by atoms with E-state index < -0.39 is 0 Å². The fourth-order valence-corrected chi connectivity index (χ4v) is 1.17. The lowest BCUT2D eigenvalue weighted by molar-refractivity contribution is -0.282. The summed E-state index contributed by atoms with van der Waals surface area (Å²) in [5.74, 6) is 0. The zero-order valence-corrected chi connectivity index (χ0v) is 6.99. The van der Waals surface area contributed by atoms with Crippen LogP contribution in [0.15, 0.2) is 0 Å². The van der Waals surface area contributed by atoms with E-state index in [4.69, 9.17) is 4.74 Å². The molecule has 0 radical (unpaired) electrons. The van der Waals surface area contributed by atoms with Gasteiger partial charge in [0.05, 0.1) is 11.7 Å². The second kappa shape index (κ2) is 1.51. The minimum absolute atomic E-state index is 0.0897. The fourth-order valence-electron chi connectivity index (χ4n) is 1.17. The van der Waals surface area contributed by atoms with Gasteiger partial charge in [0.2, 0.25) is 0 Å². The first-order chi connectivity index (χ1) is 3.88. The molecular formula is C8H16O. The first-order valence-electron chi connectivity index (χ1n) is 3.56. The highest BCUT2D eigenvalue weighted by molar-refractivity contribution is 5.00. The largest absolute Gasteiger partial charge is 0.371 e. The van der Waals surface area contributed by atoms with Gasteiger partial charge in [0, 0.05) is 5.41 Å².